The fraction of sp³-hybridized carbons (Fsp3) is 0.467. The van der Waals surface area contributed by atoms with E-state index in [4.69, 9.17) is 0 Å². The topological polar surface area (TPSA) is 11.4 Å². The van der Waals surface area contributed by atoms with Crippen molar-refractivity contribution in [2.24, 2.45) is 0 Å². The molecule has 0 N–H and O–H groups in total. The summed E-state index contributed by atoms with van der Waals surface area (Å²) < 4.78 is 15.8. The van der Waals surface area contributed by atoms with E-state index in [1.54, 1.807) is 6.07 Å². The summed E-state index contributed by atoms with van der Waals surface area (Å²) in [4.78, 5) is 4.84. The van der Waals surface area contributed by atoms with Gasteiger partial charge in [0, 0.05) is 50.9 Å². The molecule has 1 fully saturated rings. The first-order valence-corrected chi connectivity index (χ1v) is 6.88. The van der Waals surface area contributed by atoms with Crippen molar-refractivity contribution in [1.82, 2.24) is 14.4 Å². The average molecular weight is 261 g/mol. The van der Waals surface area contributed by atoms with Crippen LogP contribution in [0.4, 0.5) is 4.39 Å². The molecule has 0 radical (unpaired) electrons. The predicted octanol–water partition coefficient (Wildman–Crippen LogP) is 2.03. The van der Waals surface area contributed by atoms with Gasteiger partial charge in [-0.2, -0.15) is 0 Å². The van der Waals surface area contributed by atoms with E-state index in [0.717, 1.165) is 50.2 Å². The molecule has 3 nitrogen and oxygen atoms in total. The number of nitrogens with zero attached hydrogens (tertiary/aromatic N) is 3. The average Bonchev–Trinajstić information content (AvgIpc) is 2.83. The molecule has 102 valence electrons. The van der Waals surface area contributed by atoms with Crippen LogP contribution in [-0.4, -0.2) is 54.1 Å². The van der Waals surface area contributed by atoms with Gasteiger partial charge in [-0.3, -0.25) is 4.90 Å². The van der Waals surface area contributed by atoms with E-state index in [9.17, 15) is 4.39 Å². The molecule has 19 heavy (non-hydrogen) atoms. The van der Waals surface area contributed by atoms with Crippen LogP contribution in [0.25, 0.3) is 10.9 Å². The van der Waals surface area contributed by atoms with Crippen molar-refractivity contribution < 1.29 is 4.39 Å². The van der Waals surface area contributed by atoms with Crippen LogP contribution >= 0.6 is 0 Å². The van der Waals surface area contributed by atoms with Crippen molar-refractivity contribution in [2.75, 3.05) is 39.8 Å². The third kappa shape index (κ3) is 2.65. The minimum atomic E-state index is -0.129. The fourth-order valence-electron chi connectivity index (χ4n) is 2.70. The number of piperazine rings is 1. The minimum Gasteiger partial charge on any atom is -0.346 e. The van der Waals surface area contributed by atoms with Crippen molar-refractivity contribution in [2.45, 2.75) is 6.54 Å². The van der Waals surface area contributed by atoms with Crippen LogP contribution in [0, 0.1) is 5.82 Å². The summed E-state index contributed by atoms with van der Waals surface area (Å²) in [6, 6.07) is 7.16. The Morgan fingerprint density at radius 3 is 2.63 bits per heavy atom. The van der Waals surface area contributed by atoms with Crippen LogP contribution in [0.3, 0.4) is 0 Å². The molecular formula is C15H20FN3. The molecule has 0 saturated carbocycles. The van der Waals surface area contributed by atoms with Crippen LogP contribution in [0.2, 0.25) is 0 Å². The van der Waals surface area contributed by atoms with E-state index >= 15 is 0 Å². The van der Waals surface area contributed by atoms with Gasteiger partial charge in [-0.15, -0.1) is 0 Å². The first-order valence-electron chi connectivity index (χ1n) is 6.88. The largest absolute Gasteiger partial charge is 0.346 e. The van der Waals surface area contributed by atoms with E-state index in [1.807, 2.05) is 18.3 Å². The molecule has 1 aromatic heterocycles. The lowest BCUT2D eigenvalue weighted by Crippen LogP contribution is -2.45. The Bertz CT molecular complexity index is 556. The van der Waals surface area contributed by atoms with Crippen LogP contribution in [0.15, 0.2) is 30.5 Å². The molecule has 2 heterocycles. The van der Waals surface area contributed by atoms with Gasteiger partial charge in [0.15, 0.2) is 0 Å². The summed E-state index contributed by atoms with van der Waals surface area (Å²) in [6.07, 6.45) is 1.99. The summed E-state index contributed by atoms with van der Waals surface area (Å²) in [6.45, 7) is 6.50. The zero-order valence-electron chi connectivity index (χ0n) is 11.3. The van der Waals surface area contributed by atoms with Crippen LogP contribution in [0.1, 0.15) is 0 Å². The van der Waals surface area contributed by atoms with E-state index in [0.29, 0.717) is 0 Å². The standard InChI is InChI=1S/C15H20FN3/c1-17-7-9-18(10-8-17)11-12-19-6-5-13-14(16)3-2-4-15(13)19/h2-6H,7-12H2,1H3. The molecule has 1 saturated heterocycles. The SMILES string of the molecule is CN1CCN(CCn2ccc3c(F)cccc32)CC1. The lowest BCUT2D eigenvalue weighted by molar-refractivity contribution is 0.150. The maximum absolute atomic E-state index is 13.6. The van der Waals surface area contributed by atoms with Crippen molar-refractivity contribution in [3.63, 3.8) is 0 Å². The Morgan fingerprint density at radius 2 is 1.84 bits per heavy atom. The maximum Gasteiger partial charge on any atom is 0.132 e. The zero-order chi connectivity index (χ0) is 13.2. The van der Waals surface area contributed by atoms with Crippen molar-refractivity contribution in [3.05, 3.63) is 36.3 Å². The Balaban J connectivity index is 1.67. The predicted molar refractivity (Wildman–Crippen MR) is 75.8 cm³/mol. The zero-order valence-corrected chi connectivity index (χ0v) is 11.3. The monoisotopic (exact) mass is 261 g/mol. The molecule has 0 aliphatic carbocycles. The molecule has 0 unspecified atom stereocenters. The highest BCUT2D eigenvalue weighted by Gasteiger charge is 2.13. The van der Waals surface area contributed by atoms with E-state index in [2.05, 4.69) is 21.4 Å². The number of rotatable bonds is 3. The van der Waals surface area contributed by atoms with E-state index in [1.165, 1.54) is 6.07 Å². The van der Waals surface area contributed by atoms with Gasteiger partial charge in [-0.05, 0) is 25.2 Å². The van der Waals surface area contributed by atoms with E-state index < -0.39 is 0 Å². The highest BCUT2D eigenvalue weighted by atomic mass is 19.1. The Hall–Kier alpha value is -1.39. The number of benzene rings is 1. The first kappa shape index (κ1) is 12.6. The van der Waals surface area contributed by atoms with Gasteiger partial charge in [0.1, 0.15) is 5.82 Å². The molecule has 0 bridgehead atoms. The molecule has 0 spiro atoms. The Labute approximate surface area is 113 Å². The van der Waals surface area contributed by atoms with Gasteiger partial charge in [0.05, 0.1) is 5.52 Å². The van der Waals surface area contributed by atoms with E-state index in [-0.39, 0.29) is 5.82 Å². The van der Waals surface area contributed by atoms with Gasteiger partial charge in [-0.25, -0.2) is 4.39 Å². The van der Waals surface area contributed by atoms with Gasteiger partial charge in [0.25, 0.3) is 0 Å². The van der Waals surface area contributed by atoms with Gasteiger partial charge in [0.2, 0.25) is 0 Å². The normalized spacial score (nSPS) is 18.2. The highest BCUT2D eigenvalue weighted by Crippen LogP contribution is 2.18. The van der Waals surface area contributed by atoms with Crippen molar-refractivity contribution in [3.8, 4) is 0 Å². The molecule has 1 aliphatic rings. The number of hydrogen-bond donors (Lipinski definition) is 0. The van der Waals surface area contributed by atoms with Gasteiger partial charge >= 0.3 is 0 Å². The summed E-state index contributed by atoms with van der Waals surface area (Å²) in [5, 5.41) is 0.723. The quantitative estimate of drug-likeness (QED) is 0.837. The Morgan fingerprint density at radius 1 is 1.05 bits per heavy atom. The molecular weight excluding hydrogens is 241 g/mol. The molecule has 1 aliphatic heterocycles. The summed E-state index contributed by atoms with van der Waals surface area (Å²) in [7, 11) is 2.17. The van der Waals surface area contributed by atoms with Crippen LogP contribution < -0.4 is 0 Å². The third-order valence-electron chi connectivity index (χ3n) is 4.01. The fourth-order valence-corrected chi connectivity index (χ4v) is 2.70. The Kier molecular flexibility index (Phi) is 3.53. The minimum absolute atomic E-state index is 0.129. The highest BCUT2D eigenvalue weighted by molar-refractivity contribution is 5.80. The van der Waals surface area contributed by atoms with Gasteiger partial charge in [-0.1, -0.05) is 6.07 Å². The molecule has 0 amide bonds. The lowest BCUT2D eigenvalue weighted by Gasteiger charge is -2.32. The number of likely N-dealkylation sites (N-methyl/N-ethyl adjacent to an activating group) is 1. The molecule has 4 heteroatoms. The molecule has 1 aromatic carbocycles. The maximum atomic E-state index is 13.6. The third-order valence-corrected chi connectivity index (χ3v) is 4.01. The second kappa shape index (κ2) is 5.31. The number of halogens is 1. The first-order chi connectivity index (χ1) is 9.24. The van der Waals surface area contributed by atoms with Gasteiger partial charge < -0.3 is 9.47 Å². The number of hydrogen-bond acceptors (Lipinski definition) is 2. The molecule has 3 rings (SSSR count). The lowest BCUT2D eigenvalue weighted by atomic mass is 10.2. The number of fused-ring (bicyclic) bond motifs is 1. The van der Waals surface area contributed by atoms with Crippen molar-refractivity contribution in [1.29, 1.82) is 0 Å². The second-order valence-electron chi connectivity index (χ2n) is 5.33. The summed E-state index contributed by atoms with van der Waals surface area (Å²) >= 11 is 0. The summed E-state index contributed by atoms with van der Waals surface area (Å²) in [5.74, 6) is -0.129. The van der Waals surface area contributed by atoms with Crippen LogP contribution in [0.5, 0.6) is 0 Å². The second-order valence-corrected chi connectivity index (χ2v) is 5.33. The molecule has 0 atom stereocenters. The molecule has 2 aromatic rings. The van der Waals surface area contributed by atoms with Crippen molar-refractivity contribution >= 4 is 10.9 Å². The number of aromatic nitrogens is 1. The summed E-state index contributed by atoms with van der Waals surface area (Å²) in [5.41, 5.74) is 0.995. The van der Waals surface area contributed by atoms with Crippen LogP contribution in [-0.2, 0) is 6.54 Å². The smallest absolute Gasteiger partial charge is 0.132 e.